The molecule has 128 valence electrons. The van der Waals surface area contributed by atoms with Crippen LogP contribution in [0.1, 0.15) is 18.9 Å². The number of hydrogen-bond acceptors (Lipinski definition) is 6. The number of rotatable bonds is 6. The van der Waals surface area contributed by atoms with E-state index in [9.17, 15) is 4.79 Å². The quantitative estimate of drug-likeness (QED) is 0.842. The van der Waals surface area contributed by atoms with E-state index in [1.165, 1.54) is 11.3 Å². The lowest BCUT2D eigenvalue weighted by molar-refractivity contribution is -0.120. The van der Waals surface area contributed by atoms with Gasteiger partial charge in [-0.1, -0.05) is 6.07 Å². The largest absolute Gasteiger partial charge is 0.370 e. The molecule has 0 unspecified atom stereocenters. The summed E-state index contributed by atoms with van der Waals surface area (Å²) in [6.07, 6.45) is 4.66. The van der Waals surface area contributed by atoms with Crippen molar-refractivity contribution >= 4 is 28.2 Å². The first-order valence-electron chi connectivity index (χ1n) is 8.23. The van der Waals surface area contributed by atoms with E-state index in [0.717, 1.165) is 37.4 Å². The molecule has 0 saturated carbocycles. The Kier molecular flexibility index (Phi) is 5.42. The number of anilines is 2. The average molecular weight is 345 g/mol. The third kappa shape index (κ3) is 4.30. The van der Waals surface area contributed by atoms with Gasteiger partial charge in [0.15, 0.2) is 5.13 Å². The summed E-state index contributed by atoms with van der Waals surface area (Å²) in [6.45, 7) is 6.74. The van der Waals surface area contributed by atoms with Crippen LogP contribution in [0.15, 0.2) is 29.9 Å². The lowest BCUT2D eigenvalue weighted by atomic mass is 10.1. The molecule has 0 radical (unpaired) electrons. The van der Waals surface area contributed by atoms with Crippen LogP contribution in [0, 0.1) is 12.8 Å². The fraction of sp³-hybridized carbons (Fsp3) is 0.471. The second-order valence-electron chi connectivity index (χ2n) is 6.25. The van der Waals surface area contributed by atoms with Gasteiger partial charge in [0.05, 0.1) is 6.04 Å². The summed E-state index contributed by atoms with van der Waals surface area (Å²) in [5, 5.41) is 8.79. The van der Waals surface area contributed by atoms with Gasteiger partial charge in [-0.15, -0.1) is 11.3 Å². The lowest BCUT2D eigenvalue weighted by Crippen LogP contribution is -2.41. The number of nitrogens with one attached hydrogen (secondary N) is 2. The topological polar surface area (TPSA) is 70.2 Å². The third-order valence-corrected chi connectivity index (χ3v) is 5.08. The van der Waals surface area contributed by atoms with Gasteiger partial charge >= 0.3 is 0 Å². The molecule has 1 aliphatic rings. The molecular formula is C17H23N5OS. The molecule has 6 nitrogen and oxygen atoms in total. The summed E-state index contributed by atoms with van der Waals surface area (Å²) in [4.78, 5) is 23.0. The molecule has 2 aromatic rings. The SMILES string of the molecule is Cc1ccc(NC[C@H]2CCN([C@H](C)C(=O)Nc3nccs3)C2)nc1. The number of likely N-dealkylation sites (tertiary alicyclic amines) is 1. The molecule has 0 aliphatic carbocycles. The van der Waals surface area contributed by atoms with E-state index in [1.807, 2.05) is 31.5 Å². The zero-order valence-corrected chi connectivity index (χ0v) is 14.8. The van der Waals surface area contributed by atoms with E-state index >= 15 is 0 Å². The van der Waals surface area contributed by atoms with Crippen molar-refractivity contribution in [1.82, 2.24) is 14.9 Å². The molecule has 3 heterocycles. The first-order chi connectivity index (χ1) is 11.6. The van der Waals surface area contributed by atoms with E-state index in [-0.39, 0.29) is 11.9 Å². The first kappa shape index (κ1) is 16.9. The highest BCUT2D eigenvalue weighted by atomic mass is 32.1. The van der Waals surface area contributed by atoms with E-state index < -0.39 is 0 Å². The van der Waals surface area contributed by atoms with Gasteiger partial charge in [-0.25, -0.2) is 9.97 Å². The molecule has 1 saturated heterocycles. The smallest absolute Gasteiger partial charge is 0.243 e. The molecule has 2 atom stereocenters. The zero-order chi connectivity index (χ0) is 16.9. The highest BCUT2D eigenvalue weighted by Crippen LogP contribution is 2.20. The molecule has 2 aromatic heterocycles. The molecule has 24 heavy (non-hydrogen) atoms. The van der Waals surface area contributed by atoms with Crippen molar-refractivity contribution in [2.45, 2.75) is 26.3 Å². The fourth-order valence-electron chi connectivity index (χ4n) is 2.86. The predicted molar refractivity (Wildman–Crippen MR) is 97.3 cm³/mol. The summed E-state index contributed by atoms with van der Waals surface area (Å²) < 4.78 is 0. The Morgan fingerprint density at radius 2 is 2.33 bits per heavy atom. The van der Waals surface area contributed by atoms with Gasteiger partial charge < -0.3 is 10.6 Å². The minimum absolute atomic E-state index is 0.0127. The normalized spacial score (nSPS) is 19.2. The highest BCUT2D eigenvalue weighted by Gasteiger charge is 2.29. The zero-order valence-electron chi connectivity index (χ0n) is 14.0. The minimum atomic E-state index is -0.142. The molecule has 1 aliphatic heterocycles. The van der Waals surface area contributed by atoms with Gasteiger partial charge in [0.25, 0.3) is 0 Å². The minimum Gasteiger partial charge on any atom is -0.370 e. The van der Waals surface area contributed by atoms with Crippen LogP contribution >= 0.6 is 11.3 Å². The van der Waals surface area contributed by atoms with Crippen LogP contribution in [0.4, 0.5) is 10.9 Å². The highest BCUT2D eigenvalue weighted by molar-refractivity contribution is 7.13. The number of thiazole rings is 1. The maximum atomic E-state index is 12.3. The molecule has 0 spiro atoms. The van der Waals surface area contributed by atoms with Crippen molar-refractivity contribution in [3.63, 3.8) is 0 Å². The van der Waals surface area contributed by atoms with Gasteiger partial charge in [0.1, 0.15) is 5.82 Å². The van der Waals surface area contributed by atoms with Crippen molar-refractivity contribution < 1.29 is 4.79 Å². The number of hydrogen-bond donors (Lipinski definition) is 2. The Labute approximate surface area is 146 Å². The van der Waals surface area contributed by atoms with Crippen LogP contribution in [0.2, 0.25) is 0 Å². The number of nitrogens with zero attached hydrogens (tertiary/aromatic N) is 3. The van der Waals surface area contributed by atoms with Crippen molar-refractivity contribution in [3.05, 3.63) is 35.5 Å². The standard InChI is InChI=1S/C17H23N5OS/c1-12-3-4-15(19-9-12)20-10-14-5-7-22(11-14)13(2)16(23)21-17-18-6-8-24-17/h3-4,6,8-9,13-14H,5,7,10-11H2,1-2H3,(H,19,20)(H,18,21,23)/t13-,14-/m1/s1. The number of aromatic nitrogens is 2. The number of carbonyl (C=O) groups is 1. The number of amides is 1. The third-order valence-electron chi connectivity index (χ3n) is 4.39. The van der Waals surface area contributed by atoms with Crippen LogP contribution in [-0.2, 0) is 4.79 Å². The summed E-state index contributed by atoms with van der Waals surface area (Å²) in [5.74, 6) is 1.45. The van der Waals surface area contributed by atoms with Gasteiger partial charge in [-0.05, 0) is 44.4 Å². The van der Waals surface area contributed by atoms with Crippen molar-refractivity contribution in [2.75, 3.05) is 30.3 Å². The number of pyridine rings is 1. The van der Waals surface area contributed by atoms with Crippen LogP contribution in [0.3, 0.4) is 0 Å². The molecule has 3 rings (SSSR count). The first-order valence-corrected chi connectivity index (χ1v) is 9.10. The van der Waals surface area contributed by atoms with E-state index in [0.29, 0.717) is 11.0 Å². The second kappa shape index (κ2) is 7.72. The molecule has 7 heteroatoms. The van der Waals surface area contributed by atoms with Crippen LogP contribution < -0.4 is 10.6 Å². The number of aryl methyl sites for hydroxylation is 1. The van der Waals surface area contributed by atoms with Crippen LogP contribution in [0.5, 0.6) is 0 Å². The summed E-state index contributed by atoms with van der Waals surface area (Å²) in [5.41, 5.74) is 1.16. The molecule has 0 aromatic carbocycles. The second-order valence-corrected chi connectivity index (χ2v) is 7.15. The summed E-state index contributed by atoms with van der Waals surface area (Å²) in [7, 11) is 0. The van der Waals surface area contributed by atoms with E-state index in [1.54, 1.807) is 6.20 Å². The molecule has 0 bridgehead atoms. The monoisotopic (exact) mass is 345 g/mol. The predicted octanol–water partition coefficient (Wildman–Crippen LogP) is 2.61. The lowest BCUT2D eigenvalue weighted by Gasteiger charge is -2.23. The van der Waals surface area contributed by atoms with Gasteiger partial charge in [-0.3, -0.25) is 9.69 Å². The Hall–Kier alpha value is -1.99. The maximum Gasteiger partial charge on any atom is 0.243 e. The maximum absolute atomic E-state index is 12.3. The summed E-state index contributed by atoms with van der Waals surface area (Å²) >= 11 is 1.44. The average Bonchev–Trinajstić information content (AvgIpc) is 3.25. The Balaban J connectivity index is 1.45. The summed E-state index contributed by atoms with van der Waals surface area (Å²) in [6, 6.07) is 3.92. The van der Waals surface area contributed by atoms with Crippen LogP contribution in [0.25, 0.3) is 0 Å². The van der Waals surface area contributed by atoms with Crippen molar-refractivity contribution in [2.24, 2.45) is 5.92 Å². The Bertz CT molecular complexity index is 658. The Morgan fingerprint density at radius 1 is 1.46 bits per heavy atom. The van der Waals surface area contributed by atoms with Crippen LogP contribution in [-0.4, -0.2) is 46.5 Å². The van der Waals surface area contributed by atoms with Crippen molar-refractivity contribution in [1.29, 1.82) is 0 Å². The molecule has 2 N–H and O–H groups in total. The number of carbonyl (C=O) groups excluding carboxylic acids is 1. The molecule has 1 fully saturated rings. The van der Waals surface area contributed by atoms with Gasteiger partial charge in [-0.2, -0.15) is 0 Å². The van der Waals surface area contributed by atoms with E-state index in [4.69, 9.17) is 0 Å². The van der Waals surface area contributed by atoms with Crippen molar-refractivity contribution in [3.8, 4) is 0 Å². The molecule has 1 amide bonds. The Morgan fingerprint density at radius 3 is 3.04 bits per heavy atom. The van der Waals surface area contributed by atoms with Gasteiger partial charge in [0.2, 0.25) is 5.91 Å². The molecular weight excluding hydrogens is 322 g/mol. The van der Waals surface area contributed by atoms with Gasteiger partial charge in [0, 0.05) is 30.9 Å². The fourth-order valence-corrected chi connectivity index (χ4v) is 3.39. The van der Waals surface area contributed by atoms with E-state index in [2.05, 4.69) is 31.6 Å².